The third kappa shape index (κ3) is 4.34. The Kier molecular flexibility index (Phi) is 4.93. The van der Waals surface area contributed by atoms with E-state index in [9.17, 15) is 9.59 Å². The van der Waals surface area contributed by atoms with Crippen LogP contribution < -0.4 is 15.7 Å². The summed E-state index contributed by atoms with van der Waals surface area (Å²) in [5.74, 6) is 1.37. The van der Waals surface area contributed by atoms with Crippen LogP contribution in [0.1, 0.15) is 22.6 Å². The highest BCUT2D eigenvalue weighted by Gasteiger charge is 2.13. The molecular formula is C16H18N6O3. The molecule has 0 aliphatic carbocycles. The summed E-state index contributed by atoms with van der Waals surface area (Å²) in [7, 11) is 1.79. The number of aryl methyl sites for hydroxylation is 2. The topological polar surface area (TPSA) is 118 Å². The number of carbonyl (C=O) groups is 1. The van der Waals surface area contributed by atoms with Crippen molar-refractivity contribution in [1.29, 1.82) is 0 Å². The van der Waals surface area contributed by atoms with Crippen LogP contribution in [0.15, 0.2) is 41.5 Å². The summed E-state index contributed by atoms with van der Waals surface area (Å²) in [4.78, 5) is 25.9. The molecule has 130 valence electrons. The fourth-order valence-electron chi connectivity index (χ4n) is 2.30. The largest absolute Gasteiger partial charge is 0.453 e. The number of H-pyrrole nitrogens is 2. The van der Waals surface area contributed by atoms with E-state index in [1.54, 1.807) is 48.4 Å². The highest BCUT2D eigenvalue weighted by Crippen LogP contribution is 2.24. The number of amides is 1. The quantitative estimate of drug-likeness (QED) is 0.553. The average molecular weight is 342 g/mol. The molecule has 0 atom stereocenters. The number of para-hydroxylation sites is 1. The normalized spacial score (nSPS) is 10.6. The van der Waals surface area contributed by atoms with Gasteiger partial charge < -0.3 is 10.1 Å². The molecule has 0 saturated carbocycles. The third-order valence-electron chi connectivity index (χ3n) is 3.47. The Morgan fingerprint density at radius 2 is 2.20 bits per heavy atom. The zero-order valence-corrected chi connectivity index (χ0v) is 13.7. The van der Waals surface area contributed by atoms with Crippen molar-refractivity contribution in [3.8, 4) is 11.5 Å². The highest BCUT2D eigenvalue weighted by atomic mass is 16.5. The molecule has 0 saturated heterocycles. The van der Waals surface area contributed by atoms with E-state index in [0.29, 0.717) is 42.3 Å². The van der Waals surface area contributed by atoms with Gasteiger partial charge in [0.2, 0.25) is 0 Å². The van der Waals surface area contributed by atoms with Crippen LogP contribution in [0.4, 0.5) is 0 Å². The molecule has 1 aromatic carbocycles. The number of ether oxygens (including phenoxy) is 1. The van der Waals surface area contributed by atoms with Crippen molar-refractivity contribution in [2.75, 3.05) is 6.54 Å². The van der Waals surface area contributed by atoms with Gasteiger partial charge in [-0.15, -0.1) is 0 Å². The molecule has 9 nitrogen and oxygen atoms in total. The monoisotopic (exact) mass is 342 g/mol. The number of nitrogens with zero attached hydrogens (tertiary/aromatic N) is 3. The fraction of sp³-hybridized carbons (Fsp3) is 0.250. The first-order valence-corrected chi connectivity index (χ1v) is 7.79. The maximum Gasteiger partial charge on any atom is 0.340 e. The molecule has 0 fully saturated rings. The second kappa shape index (κ2) is 7.47. The zero-order chi connectivity index (χ0) is 17.6. The van der Waals surface area contributed by atoms with Crippen LogP contribution in [-0.4, -0.2) is 37.4 Å². The Balaban J connectivity index is 1.57. The minimum absolute atomic E-state index is 0.227. The van der Waals surface area contributed by atoms with Gasteiger partial charge in [-0.1, -0.05) is 12.1 Å². The van der Waals surface area contributed by atoms with Crippen LogP contribution in [-0.2, 0) is 13.5 Å². The van der Waals surface area contributed by atoms with Crippen molar-refractivity contribution in [3.05, 3.63) is 58.5 Å². The Hall–Kier alpha value is -3.36. The van der Waals surface area contributed by atoms with E-state index in [1.165, 1.54) is 0 Å². The van der Waals surface area contributed by atoms with Crippen molar-refractivity contribution in [2.45, 2.75) is 12.8 Å². The molecule has 0 bridgehead atoms. The molecule has 1 amide bonds. The number of hydrogen-bond donors (Lipinski definition) is 3. The molecule has 0 radical (unpaired) electrons. The van der Waals surface area contributed by atoms with Gasteiger partial charge in [-0.05, 0) is 18.6 Å². The lowest BCUT2D eigenvalue weighted by Crippen LogP contribution is -2.25. The van der Waals surface area contributed by atoms with Gasteiger partial charge in [-0.3, -0.25) is 14.5 Å². The van der Waals surface area contributed by atoms with E-state index in [1.807, 2.05) is 0 Å². The molecule has 2 heterocycles. The van der Waals surface area contributed by atoms with Crippen LogP contribution in [0.2, 0.25) is 0 Å². The second-order valence-corrected chi connectivity index (χ2v) is 5.43. The minimum Gasteiger partial charge on any atom is -0.453 e. The Morgan fingerprint density at radius 3 is 2.92 bits per heavy atom. The first kappa shape index (κ1) is 16.5. The second-order valence-electron chi connectivity index (χ2n) is 5.43. The number of benzene rings is 1. The summed E-state index contributed by atoms with van der Waals surface area (Å²) in [5.41, 5.74) is 0.111. The summed E-state index contributed by atoms with van der Waals surface area (Å²) in [5, 5.41) is 13.0. The maximum absolute atomic E-state index is 12.4. The predicted molar refractivity (Wildman–Crippen MR) is 89.6 cm³/mol. The number of rotatable bonds is 7. The van der Waals surface area contributed by atoms with Crippen LogP contribution in [0.5, 0.6) is 11.5 Å². The van der Waals surface area contributed by atoms with Crippen LogP contribution in [0.25, 0.3) is 0 Å². The molecule has 0 aliphatic rings. The van der Waals surface area contributed by atoms with Crippen molar-refractivity contribution in [2.24, 2.45) is 7.05 Å². The van der Waals surface area contributed by atoms with Gasteiger partial charge in [-0.25, -0.2) is 9.89 Å². The van der Waals surface area contributed by atoms with Gasteiger partial charge in [0.15, 0.2) is 5.75 Å². The summed E-state index contributed by atoms with van der Waals surface area (Å²) in [6, 6.07) is 7.01. The van der Waals surface area contributed by atoms with Gasteiger partial charge in [0.1, 0.15) is 11.6 Å². The molecular weight excluding hydrogens is 324 g/mol. The molecule has 0 aliphatic heterocycles. The lowest BCUT2D eigenvalue weighted by molar-refractivity contribution is 0.0951. The molecule has 9 heteroatoms. The maximum atomic E-state index is 12.4. The van der Waals surface area contributed by atoms with E-state index in [4.69, 9.17) is 4.74 Å². The van der Waals surface area contributed by atoms with Crippen molar-refractivity contribution < 1.29 is 9.53 Å². The fourth-order valence-corrected chi connectivity index (χ4v) is 2.30. The Bertz CT molecular complexity index is 910. The number of aromatic amines is 2. The number of nitrogens with one attached hydrogen (secondary N) is 3. The number of aromatic nitrogens is 5. The average Bonchev–Trinajstić information content (AvgIpc) is 3.20. The lowest BCUT2D eigenvalue weighted by Gasteiger charge is -2.10. The molecule has 2 aromatic heterocycles. The molecule has 0 spiro atoms. The SMILES string of the molecule is Cn1cc(Oc2ccccc2C(=O)NCCCc2n[nH]c(=O)[nH]2)cn1. The van der Waals surface area contributed by atoms with Gasteiger partial charge in [0.05, 0.1) is 18.0 Å². The zero-order valence-electron chi connectivity index (χ0n) is 13.7. The van der Waals surface area contributed by atoms with E-state index >= 15 is 0 Å². The molecule has 3 N–H and O–H groups in total. The molecule has 3 rings (SSSR count). The Labute approximate surface area is 143 Å². The third-order valence-corrected chi connectivity index (χ3v) is 3.47. The summed E-state index contributed by atoms with van der Waals surface area (Å²) >= 11 is 0. The van der Waals surface area contributed by atoms with Crippen molar-refractivity contribution in [1.82, 2.24) is 30.3 Å². The van der Waals surface area contributed by atoms with Crippen molar-refractivity contribution >= 4 is 5.91 Å². The standard InChI is InChI=1S/C16H18N6O3/c1-22-10-11(9-18-22)25-13-6-3-2-5-12(13)15(23)17-8-4-7-14-19-16(24)21-20-14/h2-3,5-6,9-10H,4,7-8H2,1H3,(H,17,23)(H2,19,20,21,24). The van der Waals surface area contributed by atoms with E-state index < -0.39 is 0 Å². The summed E-state index contributed by atoms with van der Waals surface area (Å²) < 4.78 is 7.35. The van der Waals surface area contributed by atoms with E-state index in [-0.39, 0.29) is 11.6 Å². The smallest absolute Gasteiger partial charge is 0.340 e. The predicted octanol–water partition coefficient (Wildman–Crippen LogP) is 0.986. The van der Waals surface area contributed by atoms with Gasteiger partial charge in [0, 0.05) is 20.0 Å². The van der Waals surface area contributed by atoms with E-state index in [0.717, 1.165) is 0 Å². The van der Waals surface area contributed by atoms with Gasteiger partial charge in [-0.2, -0.15) is 10.2 Å². The van der Waals surface area contributed by atoms with Gasteiger partial charge >= 0.3 is 5.69 Å². The first-order valence-electron chi connectivity index (χ1n) is 7.79. The molecule has 3 aromatic rings. The Morgan fingerprint density at radius 1 is 1.36 bits per heavy atom. The van der Waals surface area contributed by atoms with Gasteiger partial charge in [0.25, 0.3) is 5.91 Å². The van der Waals surface area contributed by atoms with Crippen LogP contribution >= 0.6 is 0 Å². The van der Waals surface area contributed by atoms with Crippen molar-refractivity contribution in [3.63, 3.8) is 0 Å². The summed E-state index contributed by atoms with van der Waals surface area (Å²) in [6.45, 7) is 0.453. The summed E-state index contributed by atoms with van der Waals surface area (Å²) in [6.07, 6.45) is 4.52. The van der Waals surface area contributed by atoms with Crippen LogP contribution in [0, 0.1) is 0 Å². The number of hydrogen-bond acceptors (Lipinski definition) is 5. The lowest BCUT2D eigenvalue weighted by atomic mass is 10.2. The highest BCUT2D eigenvalue weighted by molar-refractivity contribution is 5.96. The first-order chi connectivity index (χ1) is 12.1. The molecule has 25 heavy (non-hydrogen) atoms. The molecule has 0 unspecified atom stereocenters. The van der Waals surface area contributed by atoms with Crippen LogP contribution in [0.3, 0.4) is 0 Å². The number of carbonyl (C=O) groups excluding carboxylic acids is 1. The minimum atomic E-state index is -0.333. The van der Waals surface area contributed by atoms with E-state index in [2.05, 4.69) is 25.6 Å².